The highest BCUT2D eigenvalue weighted by Gasteiger charge is 2.27. The van der Waals surface area contributed by atoms with E-state index in [1.54, 1.807) is 12.1 Å². The third-order valence-corrected chi connectivity index (χ3v) is 5.56. The Labute approximate surface area is 196 Å². The van der Waals surface area contributed by atoms with Gasteiger partial charge in [-0.3, -0.25) is 0 Å². The van der Waals surface area contributed by atoms with Gasteiger partial charge in [0.1, 0.15) is 17.8 Å². The number of carboxylic acid groups (broad SMARTS) is 1. The SMILES string of the molecule is CCC(C)[C@H](N)c1nnc([C@H](Cc2ccc(O)cc2)NC(=O)N[C@@H](Cc2cnc[nH]2)C(=O)O)o1. The number of amides is 2. The first-order valence-electron chi connectivity index (χ1n) is 10.9. The summed E-state index contributed by atoms with van der Waals surface area (Å²) in [6.07, 6.45) is 4.03. The number of nitrogens with one attached hydrogen (secondary N) is 3. The minimum absolute atomic E-state index is 0.0276. The Morgan fingerprint density at radius 2 is 1.85 bits per heavy atom. The van der Waals surface area contributed by atoms with Gasteiger partial charge in [0.15, 0.2) is 0 Å². The highest BCUT2D eigenvalue weighted by Crippen LogP contribution is 2.24. The molecule has 2 amide bonds. The van der Waals surface area contributed by atoms with E-state index < -0.39 is 30.1 Å². The van der Waals surface area contributed by atoms with Gasteiger partial charge in [0.2, 0.25) is 11.8 Å². The van der Waals surface area contributed by atoms with E-state index in [0.29, 0.717) is 5.69 Å². The molecule has 0 aliphatic carbocycles. The Kier molecular flexibility index (Phi) is 8.19. The summed E-state index contributed by atoms with van der Waals surface area (Å²) in [5.41, 5.74) is 7.54. The van der Waals surface area contributed by atoms with Crippen LogP contribution in [0.4, 0.5) is 4.79 Å². The van der Waals surface area contributed by atoms with E-state index in [1.165, 1.54) is 24.7 Å². The van der Waals surface area contributed by atoms with Crippen molar-refractivity contribution in [3.05, 3.63) is 59.8 Å². The molecule has 7 N–H and O–H groups in total. The molecule has 1 aromatic carbocycles. The van der Waals surface area contributed by atoms with Gasteiger partial charge < -0.3 is 36.0 Å². The van der Waals surface area contributed by atoms with Crippen molar-refractivity contribution in [2.75, 3.05) is 0 Å². The third kappa shape index (κ3) is 6.54. The van der Waals surface area contributed by atoms with Crippen molar-refractivity contribution in [2.24, 2.45) is 11.7 Å². The van der Waals surface area contributed by atoms with Crippen LogP contribution in [0.3, 0.4) is 0 Å². The topological polar surface area (TPSA) is 192 Å². The maximum absolute atomic E-state index is 12.7. The summed E-state index contributed by atoms with van der Waals surface area (Å²) in [6.45, 7) is 3.98. The smallest absolute Gasteiger partial charge is 0.326 e. The number of phenolic OH excluding ortho intramolecular Hbond substituents is 1. The van der Waals surface area contributed by atoms with Crippen LogP contribution in [0.25, 0.3) is 0 Å². The third-order valence-electron chi connectivity index (χ3n) is 5.56. The number of aromatic hydroxyl groups is 1. The molecule has 0 saturated carbocycles. The van der Waals surface area contributed by atoms with Crippen LogP contribution in [0.15, 0.2) is 41.2 Å². The molecule has 12 nitrogen and oxygen atoms in total. The summed E-state index contributed by atoms with van der Waals surface area (Å²) in [5, 5.41) is 32.4. The van der Waals surface area contributed by atoms with Crippen molar-refractivity contribution in [3.63, 3.8) is 0 Å². The molecule has 12 heteroatoms. The van der Waals surface area contributed by atoms with Gasteiger partial charge in [0.05, 0.1) is 12.4 Å². The number of nitrogens with two attached hydrogens (primary N) is 1. The van der Waals surface area contributed by atoms with Crippen LogP contribution in [-0.2, 0) is 17.6 Å². The highest BCUT2D eigenvalue weighted by atomic mass is 16.4. The van der Waals surface area contributed by atoms with Gasteiger partial charge in [0.25, 0.3) is 0 Å². The zero-order valence-electron chi connectivity index (χ0n) is 18.9. The van der Waals surface area contributed by atoms with E-state index in [2.05, 4.69) is 30.8 Å². The second-order valence-corrected chi connectivity index (χ2v) is 8.10. The molecule has 3 aromatic rings. The number of carbonyl (C=O) groups is 2. The highest BCUT2D eigenvalue weighted by molar-refractivity contribution is 5.82. The van der Waals surface area contributed by atoms with Gasteiger partial charge in [-0.25, -0.2) is 14.6 Å². The molecule has 3 rings (SSSR count). The number of phenols is 1. The molecule has 0 saturated heterocycles. The van der Waals surface area contributed by atoms with Gasteiger partial charge in [0, 0.05) is 24.7 Å². The molecule has 0 fully saturated rings. The maximum atomic E-state index is 12.7. The number of hydrogen-bond acceptors (Lipinski definition) is 8. The van der Waals surface area contributed by atoms with Gasteiger partial charge >= 0.3 is 12.0 Å². The van der Waals surface area contributed by atoms with Crippen molar-refractivity contribution < 1.29 is 24.2 Å². The summed E-state index contributed by atoms with van der Waals surface area (Å²) in [7, 11) is 0. The number of urea groups is 1. The Hall–Kier alpha value is -3.93. The Balaban J connectivity index is 1.77. The number of rotatable bonds is 11. The number of H-pyrrole nitrogens is 1. The lowest BCUT2D eigenvalue weighted by Crippen LogP contribution is -2.48. The maximum Gasteiger partial charge on any atom is 0.326 e. The summed E-state index contributed by atoms with van der Waals surface area (Å²) in [4.78, 5) is 31.1. The molecule has 34 heavy (non-hydrogen) atoms. The van der Waals surface area contributed by atoms with Crippen molar-refractivity contribution in [3.8, 4) is 5.75 Å². The molecule has 2 heterocycles. The lowest BCUT2D eigenvalue weighted by atomic mass is 10.0. The lowest BCUT2D eigenvalue weighted by molar-refractivity contribution is -0.139. The predicted molar refractivity (Wildman–Crippen MR) is 121 cm³/mol. The van der Waals surface area contributed by atoms with E-state index in [4.69, 9.17) is 10.2 Å². The van der Waals surface area contributed by atoms with E-state index in [0.717, 1.165) is 12.0 Å². The molecule has 4 atom stereocenters. The second kappa shape index (κ2) is 11.3. The number of aliphatic carboxylic acids is 1. The quantitative estimate of drug-likeness (QED) is 0.242. The minimum atomic E-state index is -1.19. The average Bonchev–Trinajstić information content (AvgIpc) is 3.51. The van der Waals surface area contributed by atoms with Gasteiger partial charge in [-0.15, -0.1) is 10.2 Å². The molecule has 0 spiro atoms. The van der Waals surface area contributed by atoms with Gasteiger partial charge in [-0.2, -0.15) is 0 Å². The minimum Gasteiger partial charge on any atom is -0.508 e. The van der Waals surface area contributed by atoms with E-state index in [9.17, 15) is 19.8 Å². The summed E-state index contributed by atoms with van der Waals surface area (Å²) >= 11 is 0. The molecule has 0 aliphatic rings. The molecule has 182 valence electrons. The molecule has 2 aromatic heterocycles. The fourth-order valence-electron chi connectivity index (χ4n) is 3.26. The number of carbonyl (C=O) groups excluding carboxylic acids is 1. The number of carboxylic acids is 1. The molecule has 1 unspecified atom stereocenters. The van der Waals surface area contributed by atoms with Crippen LogP contribution >= 0.6 is 0 Å². The van der Waals surface area contributed by atoms with Crippen LogP contribution in [0.5, 0.6) is 5.75 Å². The second-order valence-electron chi connectivity index (χ2n) is 8.10. The summed E-state index contributed by atoms with van der Waals surface area (Å²) in [6, 6.07) is 3.31. The van der Waals surface area contributed by atoms with Crippen molar-refractivity contribution in [2.45, 2.75) is 51.2 Å². The van der Waals surface area contributed by atoms with Gasteiger partial charge in [-0.1, -0.05) is 32.4 Å². The molecular formula is C22H29N7O5. The number of aromatic amines is 1. The normalized spacial score (nSPS) is 14.7. The first-order valence-corrected chi connectivity index (χ1v) is 10.9. The predicted octanol–water partition coefficient (Wildman–Crippen LogP) is 1.82. The van der Waals surface area contributed by atoms with Gasteiger partial charge in [-0.05, 0) is 23.6 Å². The van der Waals surface area contributed by atoms with Crippen molar-refractivity contribution in [1.29, 1.82) is 0 Å². The zero-order valence-corrected chi connectivity index (χ0v) is 18.9. The van der Waals surface area contributed by atoms with Crippen molar-refractivity contribution >= 4 is 12.0 Å². The van der Waals surface area contributed by atoms with E-state index in [-0.39, 0.29) is 36.3 Å². The first-order chi connectivity index (χ1) is 16.3. The first kappa shape index (κ1) is 24.7. The number of aromatic nitrogens is 4. The van der Waals surface area contributed by atoms with Crippen LogP contribution in [-0.4, -0.2) is 48.4 Å². The largest absolute Gasteiger partial charge is 0.508 e. The van der Waals surface area contributed by atoms with Crippen LogP contribution < -0.4 is 16.4 Å². The Bertz CT molecular complexity index is 1070. The van der Waals surface area contributed by atoms with Crippen LogP contribution in [0.2, 0.25) is 0 Å². The Morgan fingerprint density at radius 1 is 1.15 bits per heavy atom. The molecule has 0 bridgehead atoms. The summed E-state index contributed by atoms with van der Waals surface area (Å²) in [5.74, 6) is -0.589. The fraction of sp³-hybridized carbons (Fsp3) is 0.409. The zero-order chi connectivity index (χ0) is 24.7. The standard InChI is InChI=1S/C22H29N7O5/c1-3-12(2)18(23)20-29-28-19(34-20)16(8-13-4-6-15(30)7-5-13)26-22(33)27-17(21(31)32)9-14-10-24-11-25-14/h4-7,10-12,16-18,30H,3,8-9,23H2,1-2H3,(H,24,25)(H,31,32)(H2,26,27,33)/t12?,16-,17-,18-/m0/s1. The number of benzene rings is 1. The van der Waals surface area contributed by atoms with E-state index in [1.807, 2.05) is 13.8 Å². The van der Waals surface area contributed by atoms with Crippen molar-refractivity contribution in [1.82, 2.24) is 30.8 Å². The fourth-order valence-corrected chi connectivity index (χ4v) is 3.26. The van der Waals surface area contributed by atoms with Crippen LogP contribution in [0.1, 0.15) is 55.4 Å². The number of imidazole rings is 1. The monoisotopic (exact) mass is 471 g/mol. The molecule has 0 radical (unpaired) electrons. The number of nitrogens with zero attached hydrogens (tertiary/aromatic N) is 3. The summed E-state index contributed by atoms with van der Waals surface area (Å²) < 4.78 is 5.80. The van der Waals surface area contributed by atoms with E-state index >= 15 is 0 Å². The molecule has 0 aliphatic heterocycles. The van der Waals surface area contributed by atoms with Crippen LogP contribution in [0, 0.1) is 5.92 Å². The average molecular weight is 472 g/mol. The lowest BCUT2D eigenvalue weighted by Gasteiger charge is -2.19. The Morgan fingerprint density at radius 3 is 2.47 bits per heavy atom. The molecular weight excluding hydrogens is 442 g/mol. The number of hydrogen-bond donors (Lipinski definition) is 6.